The van der Waals surface area contributed by atoms with Gasteiger partial charge in [0.2, 0.25) is 0 Å². The van der Waals surface area contributed by atoms with E-state index in [4.69, 9.17) is 23.1 Å². The first kappa shape index (κ1) is 14.0. The van der Waals surface area contributed by atoms with E-state index in [1.54, 1.807) is 12.4 Å². The topological polar surface area (TPSA) is 83.8 Å². The second-order valence-corrected chi connectivity index (χ2v) is 5.64. The van der Waals surface area contributed by atoms with Crippen molar-refractivity contribution in [3.05, 3.63) is 29.4 Å². The Labute approximate surface area is 129 Å². The molecule has 0 atom stereocenters. The van der Waals surface area contributed by atoms with E-state index < -0.39 is 0 Å². The monoisotopic (exact) mass is 306 g/mol. The van der Waals surface area contributed by atoms with Crippen molar-refractivity contribution in [2.24, 2.45) is 16.5 Å². The minimum atomic E-state index is 0.244. The standard InChI is InChI=1S/C14H19ClN6/c15-13-14(17)19-12(16)9-21(13)11-8-18-5-4-10(11)20-6-2-1-3-7-20/h4-5,8H,1-3,6-7,9,17H2,(H2,16,19). The number of piperidine rings is 1. The molecule has 21 heavy (non-hydrogen) atoms. The number of anilines is 2. The second-order valence-electron chi connectivity index (χ2n) is 5.28. The predicted molar refractivity (Wildman–Crippen MR) is 86.3 cm³/mol. The molecule has 0 spiro atoms. The quantitative estimate of drug-likeness (QED) is 0.810. The lowest BCUT2D eigenvalue weighted by molar-refractivity contribution is 0.577. The molecule has 3 rings (SSSR count). The molecule has 0 saturated carbocycles. The highest BCUT2D eigenvalue weighted by atomic mass is 35.5. The summed E-state index contributed by atoms with van der Waals surface area (Å²) in [4.78, 5) is 12.5. The van der Waals surface area contributed by atoms with Gasteiger partial charge in [-0.3, -0.25) is 4.98 Å². The highest BCUT2D eigenvalue weighted by Crippen LogP contribution is 2.34. The molecule has 0 unspecified atom stereocenters. The van der Waals surface area contributed by atoms with Crippen LogP contribution >= 0.6 is 11.6 Å². The SMILES string of the molecule is NC1=NC(N)=C(Cl)N(c2cnccc2N2CCCCC2)C1. The molecule has 112 valence electrons. The van der Waals surface area contributed by atoms with Gasteiger partial charge in [0.05, 0.1) is 24.1 Å². The number of nitrogens with two attached hydrogens (primary N) is 2. The molecule has 0 aromatic carbocycles. The van der Waals surface area contributed by atoms with Crippen LogP contribution in [-0.2, 0) is 0 Å². The molecular weight excluding hydrogens is 288 g/mol. The van der Waals surface area contributed by atoms with Crippen LogP contribution in [0.25, 0.3) is 0 Å². The average molecular weight is 307 g/mol. The maximum absolute atomic E-state index is 6.32. The predicted octanol–water partition coefficient (Wildman–Crippen LogP) is 1.57. The molecule has 1 aromatic heterocycles. The normalized spacial score (nSPS) is 19.8. The molecule has 7 heteroatoms. The van der Waals surface area contributed by atoms with Crippen LogP contribution in [0, 0.1) is 0 Å². The van der Waals surface area contributed by atoms with E-state index in [0.29, 0.717) is 17.5 Å². The van der Waals surface area contributed by atoms with Gasteiger partial charge < -0.3 is 21.3 Å². The fourth-order valence-corrected chi connectivity index (χ4v) is 2.98. The van der Waals surface area contributed by atoms with Gasteiger partial charge in [-0.15, -0.1) is 0 Å². The number of halogens is 1. The Kier molecular flexibility index (Phi) is 3.88. The molecule has 1 fully saturated rings. The van der Waals surface area contributed by atoms with E-state index in [-0.39, 0.29) is 5.82 Å². The summed E-state index contributed by atoms with van der Waals surface area (Å²) in [6, 6.07) is 2.02. The Balaban J connectivity index is 1.97. The molecule has 2 aliphatic heterocycles. The molecule has 0 radical (unpaired) electrons. The van der Waals surface area contributed by atoms with Gasteiger partial charge in [-0.1, -0.05) is 11.6 Å². The Hall–Kier alpha value is -1.95. The smallest absolute Gasteiger partial charge is 0.161 e. The van der Waals surface area contributed by atoms with Gasteiger partial charge in [0, 0.05) is 19.3 Å². The van der Waals surface area contributed by atoms with E-state index in [1.807, 2.05) is 11.0 Å². The zero-order valence-electron chi connectivity index (χ0n) is 11.8. The van der Waals surface area contributed by atoms with Crippen LogP contribution in [0.1, 0.15) is 19.3 Å². The maximum Gasteiger partial charge on any atom is 0.161 e. The van der Waals surface area contributed by atoms with Crippen LogP contribution in [0.15, 0.2) is 34.4 Å². The molecule has 0 amide bonds. The van der Waals surface area contributed by atoms with Crippen LogP contribution < -0.4 is 21.3 Å². The number of amidine groups is 1. The Bertz CT molecular complexity index is 591. The summed E-state index contributed by atoms with van der Waals surface area (Å²) in [6.07, 6.45) is 7.30. The van der Waals surface area contributed by atoms with Gasteiger partial charge in [-0.25, -0.2) is 4.99 Å². The third-order valence-corrected chi connectivity index (χ3v) is 4.20. The molecule has 1 saturated heterocycles. The van der Waals surface area contributed by atoms with E-state index in [9.17, 15) is 0 Å². The van der Waals surface area contributed by atoms with Crippen molar-refractivity contribution in [3.63, 3.8) is 0 Å². The van der Waals surface area contributed by atoms with E-state index in [2.05, 4.69) is 14.9 Å². The fourth-order valence-electron chi connectivity index (χ4n) is 2.79. The third-order valence-electron chi connectivity index (χ3n) is 3.80. The molecule has 6 nitrogen and oxygen atoms in total. The number of hydrogen-bond donors (Lipinski definition) is 2. The first-order valence-electron chi connectivity index (χ1n) is 7.11. The highest BCUT2D eigenvalue weighted by molar-refractivity contribution is 6.32. The molecule has 0 bridgehead atoms. The summed E-state index contributed by atoms with van der Waals surface area (Å²) in [6.45, 7) is 2.52. The maximum atomic E-state index is 6.32. The molecule has 3 heterocycles. The van der Waals surface area contributed by atoms with Crippen LogP contribution in [0.2, 0.25) is 0 Å². The fraction of sp³-hybridized carbons (Fsp3) is 0.429. The molecule has 0 aliphatic carbocycles. The summed E-state index contributed by atoms with van der Waals surface area (Å²) in [7, 11) is 0. The van der Waals surface area contributed by atoms with E-state index >= 15 is 0 Å². The first-order chi connectivity index (χ1) is 10.2. The van der Waals surface area contributed by atoms with E-state index in [0.717, 1.165) is 24.5 Å². The van der Waals surface area contributed by atoms with Crippen molar-refractivity contribution in [1.82, 2.24) is 4.98 Å². The van der Waals surface area contributed by atoms with Gasteiger partial charge in [0.25, 0.3) is 0 Å². The van der Waals surface area contributed by atoms with Gasteiger partial charge in [0.15, 0.2) is 11.0 Å². The van der Waals surface area contributed by atoms with Crippen LogP contribution in [0.4, 0.5) is 11.4 Å². The molecule has 4 N–H and O–H groups in total. The zero-order chi connectivity index (χ0) is 14.8. The largest absolute Gasteiger partial charge is 0.386 e. The van der Waals surface area contributed by atoms with Crippen molar-refractivity contribution in [1.29, 1.82) is 0 Å². The Morgan fingerprint density at radius 2 is 1.86 bits per heavy atom. The summed E-state index contributed by atoms with van der Waals surface area (Å²) in [5.41, 5.74) is 13.7. The summed E-state index contributed by atoms with van der Waals surface area (Å²) >= 11 is 6.32. The summed E-state index contributed by atoms with van der Waals surface area (Å²) < 4.78 is 0. The Morgan fingerprint density at radius 1 is 1.10 bits per heavy atom. The van der Waals surface area contributed by atoms with Crippen molar-refractivity contribution in [3.8, 4) is 0 Å². The van der Waals surface area contributed by atoms with Crippen LogP contribution in [-0.4, -0.2) is 30.5 Å². The summed E-state index contributed by atoms with van der Waals surface area (Å²) in [5, 5.41) is 0.399. The number of aliphatic imine (C=N–C) groups is 1. The number of hydrogen-bond acceptors (Lipinski definition) is 6. The minimum absolute atomic E-state index is 0.244. The van der Waals surface area contributed by atoms with E-state index in [1.165, 1.54) is 19.3 Å². The molecule has 2 aliphatic rings. The number of aromatic nitrogens is 1. The van der Waals surface area contributed by atoms with Gasteiger partial charge >= 0.3 is 0 Å². The lowest BCUT2D eigenvalue weighted by Gasteiger charge is -2.34. The second kappa shape index (κ2) is 5.81. The van der Waals surface area contributed by atoms with Gasteiger partial charge in [-0.05, 0) is 25.3 Å². The molecule has 1 aromatic rings. The van der Waals surface area contributed by atoms with Crippen LogP contribution in [0.5, 0.6) is 0 Å². The minimum Gasteiger partial charge on any atom is -0.386 e. The van der Waals surface area contributed by atoms with Gasteiger partial charge in [-0.2, -0.15) is 0 Å². The number of nitrogens with zero attached hydrogens (tertiary/aromatic N) is 4. The number of rotatable bonds is 2. The van der Waals surface area contributed by atoms with Crippen molar-refractivity contribution in [2.45, 2.75) is 19.3 Å². The molecular formula is C14H19ClN6. The number of pyridine rings is 1. The van der Waals surface area contributed by atoms with Crippen molar-refractivity contribution in [2.75, 3.05) is 29.4 Å². The summed E-state index contributed by atoms with van der Waals surface area (Å²) in [5.74, 6) is 0.694. The lowest BCUT2D eigenvalue weighted by Crippen LogP contribution is -2.39. The van der Waals surface area contributed by atoms with Crippen molar-refractivity contribution >= 4 is 28.8 Å². The van der Waals surface area contributed by atoms with Crippen molar-refractivity contribution < 1.29 is 0 Å². The third kappa shape index (κ3) is 2.76. The average Bonchev–Trinajstić information content (AvgIpc) is 2.52. The highest BCUT2D eigenvalue weighted by Gasteiger charge is 2.24. The van der Waals surface area contributed by atoms with Gasteiger partial charge in [0.1, 0.15) is 5.84 Å². The Morgan fingerprint density at radius 3 is 2.62 bits per heavy atom. The van der Waals surface area contributed by atoms with Crippen LogP contribution in [0.3, 0.4) is 0 Å². The zero-order valence-corrected chi connectivity index (χ0v) is 12.6. The first-order valence-corrected chi connectivity index (χ1v) is 7.49. The lowest BCUT2D eigenvalue weighted by atomic mass is 10.1.